The van der Waals surface area contributed by atoms with Gasteiger partial charge in [-0.25, -0.2) is 0 Å². The van der Waals surface area contributed by atoms with Crippen LogP contribution in [0.5, 0.6) is 0 Å². The Kier molecular flexibility index (Phi) is 2.93. The van der Waals surface area contributed by atoms with E-state index in [1.807, 2.05) is 0 Å². The Morgan fingerprint density at radius 1 is 1.42 bits per heavy atom. The molecule has 0 radical (unpaired) electrons. The minimum absolute atomic E-state index is 0.0372. The quantitative estimate of drug-likeness (QED) is 0.444. The number of benzene rings is 1. The molecule has 3 nitrogen and oxygen atoms in total. The van der Waals surface area contributed by atoms with E-state index in [1.54, 1.807) is 0 Å². The summed E-state index contributed by atoms with van der Waals surface area (Å²) < 4.78 is 0.531. The van der Waals surface area contributed by atoms with Gasteiger partial charge < -0.3 is 0 Å². The first kappa shape index (κ1) is 9.77. The van der Waals surface area contributed by atoms with Gasteiger partial charge in [0.15, 0.2) is 0 Å². The van der Waals surface area contributed by atoms with E-state index in [0.29, 0.717) is 4.47 Å². The SMILES string of the molecule is O=[N+]([O-])c1cc(Br)cc(Cl)c1Cl. The Hall–Kier alpha value is -0.320. The summed E-state index contributed by atoms with van der Waals surface area (Å²) in [6.45, 7) is 0. The van der Waals surface area contributed by atoms with Crippen LogP contribution in [0.1, 0.15) is 0 Å². The Morgan fingerprint density at radius 3 is 2.50 bits per heavy atom. The lowest BCUT2D eigenvalue weighted by Crippen LogP contribution is -1.89. The average molecular weight is 271 g/mol. The Labute approximate surface area is 86.6 Å². The Morgan fingerprint density at radius 2 is 2.00 bits per heavy atom. The highest BCUT2D eigenvalue weighted by atomic mass is 79.9. The largest absolute Gasteiger partial charge is 0.290 e. The van der Waals surface area contributed by atoms with Crippen molar-refractivity contribution in [1.82, 2.24) is 0 Å². The molecule has 0 fully saturated rings. The van der Waals surface area contributed by atoms with Crippen LogP contribution in [-0.2, 0) is 0 Å². The summed E-state index contributed by atoms with van der Waals surface area (Å²) >= 11 is 14.2. The van der Waals surface area contributed by atoms with Crippen molar-refractivity contribution in [2.24, 2.45) is 0 Å². The topological polar surface area (TPSA) is 43.1 Å². The van der Waals surface area contributed by atoms with Crippen molar-refractivity contribution in [1.29, 1.82) is 0 Å². The van der Waals surface area contributed by atoms with Gasteiger partial charge in [0.25, 0.3) is 5.69 Å². The summed E-state index contributed by atoms with van der Waals surface area (Å²) in [5, 5.41) is 10.5. The predicted octanol–water partition coefficient (Wildman–Crippen LogP) is 3.66. The van der Waals surface area contributed by atoms with Gasteiger partial charge in [-0.2, -0.15) is 0 Å². The number of hydrogen-bond donors (Lipinski definition) is 0. The van der Waals surface area contributed by atoms with Crippen molar-refractivity contribution in [2.75, 3.05) is 0 Å². The number of hydrogen-bond acceptors (Lipinski definition) is 2. The fourth-order valence-corrected chi connectivity index (χ4v) is 1.65. The minimum atomic E-state index is -0.584. The van der Waals surface area contributed by atoms with E-state index in [0.717, 1.165) is 0 Å². The molecule has 0 saturated carbocycles. The van der Waals surface area contributed by atoms with Gasteiger partial charge in [-0.15, -0.1) is 0 Å². The molecule has 0 aliphatic carbocycles. The first-order valence-corrected chi connectivity index (χ1v) is 4.36. The normalized spacial score (nSPS) is 9.92. The van der Waals surface area contributed by atoms with Crippen LogP contribution in [-0.4, -0.2) is 4.92 Å². The highest BCUT2D eigenvalue weighted by Gasteiger charge is 2.15. The van der Waals surface area contributed by atoms with Gasteiger partial charge in [0, 0.05) is 10.5 Å². The molecule has 1 aromatic carbocycles. The summed E-state index contributed by atoms with van der Waals surface area (Å²) in [7, 11) is 0. The van der Waals surface area contributed by atoms with E-state index in [2.05, 4.69) is 15.9 Å². The fourth-order valence-electron chi connectivity index (χ4n) is 0.675. The van der Waals surface area contributed by atoms with Crippen LogP contribution in [0.3, 0.4) is 0 Å². The summed E-state index contributed by atoms with van der Waals surface area (Å²) in [4.78, 5) is 9.78. The summed E-state index contributed by atoms with van der Waals surface area (Å²) in [6, 6.07) is 2.80. The molecule has 0 heterocycles. The van der Waals surface area contributed by atoms with Crippen LogP contribution < -0.4 is 0 Å². The zero-order chi connectivity index (χ0) is 9.30. The fraction of sp³-hybridized carbons (Fsp3) is 0. The van der Waals surface area contributed by atoms with Crippen LogP contribution in [0.4, 0.5) is 5.69 Å². The van der Waals surface area contributed by atoms with Gasteiger partial charge in [0.1, 0.15) is 5.02 Å². The maximum Gasteiger partial charge on any atom is 0.290 e. The van der Waals surface area contributed by atoms with Crippen molar-refractivity contribution in [3.8, 4) is 0 Å². The molecule has 0 N–H and O–H groups in total. The molecule has 0 unspecified atom stereocenters. The molecule has 64 valence electrons. The molecule has 0 aliphatic heterocycles. The maximum atomic E-state index is 10.4. The molecule has 0 aliphatic rings. The van der Waals surface area contributed by atoms with Crippen LogP contribution in [0.25, 0.3) is 0 Å². The first-order chi connectivity index (χ1) is 5.52. The van der Waals surface area contributed by atoms with E-state index in [-0.39, 0.29) is 15.7 Å². The van der Waals surface area contributed by atoms with Crippen LogP contribution >= 0.6 is 39.1 Å². The molecule has 0 amide bonds. The van der Waals surface area contributed by atoms with E-state index >= 15 is 0 Å². The van der Waals surface area contributed by atoms with Gasteiger partial charge in [-0.3, -0.25) is 10.1 Å². The maximum absolute atomic E-state index is 10.4. The molecule has 0 atom stereocenters. The second-order valence-corrected chi connectivity index (χ2v) is 3.68. The molecule has 0 saturated heterocycles. The van der Waals surface area contributed by atoms with Gasteiger partial charge in [0.05, 0.1) is 9.95 Å². The second-order valence-electron chi connectivity index (χ2n) is 1.98. The van der Waals surface area contributed by atoms with Crippen molar-refractivity contribution in [3.63, 3.8) is 0 Å². The lowest BCUT2D eigenvalue weighted by atomic mass is 10.3. The molecular weight excluding hydrogens is 269 g/mol. The zero-order valence-electron chi connectivity index (χ0n) is 5.55. The number of halogens is 3. The molecular formula is C6H2BrCl2NO2. The van der Waals surface area contributed by atoms with Crippen LogP contribution in [0.2, 0.25) is 10.0 Å². The van der Waals surface area contributed by atoms with E-state index in [9.17, 15) is 10.1 Å². The number of rotatable bonds is 1. The molecule has 12 heavy (non-hydrogen) atoms. The van der Waals surface area contributed by atoms with Crippen molar-refractivity contribution in [2.45, 2.75) is 0 Å². The van der Waals surface area contributed by atoms with E-state index in [4.69, 9.17) is 23.2 Å². The number of nitro groups is 1. The molecule has 0 aromatic heterocycles. The Bertz CT molecular complexity index is 343. The van der Waals surface area contributed by atoms with Gasteiger partial charge in [-0.05, 0) is 6.07 Å². The van der Waals surface area contributed by atoms with Gasteiger partial charge in [-0.1, -0.05) is 39.1 Å². The predicted molar refractivity (Wildman–Crippen MR) is 50.8 cm³/mol. The summed E-state index contributed by atoms with van der Waals surface area (Å²) in [6.07, 6.45) is 0. The van der Waals surface area contributed by atoms with E-state index < -0.39 is 4.92 Å². The number of nitro benzene ring substituents is 1. The highest BCUT2D eigenvalue weighted by molar-refractivity contribution is 9.10. The van der Waals surface area contributed by atoms with Gasteiger partial charge >= 0.3 is 0 Å². The van der Waals surface area contributed by atoms with E-state index in [1.165, 1.54) is 12.1 Å². The molecule has 0 bridgehead atoms. The third-order valence-electron chi connectivity index (χ3n) is 1.17. The monoisotopic (exact) mass is 269 g/mol. The molecule has 1 aromatic rings. The summed E-state index contributed by atoms with van der Waals surface area (Å²) in [5.41, 5.74) is -0.198. The first-order valence-electron chi connectivity index (χ1n) is 2.81. The lowest BCUT2D eigenvalue weighted by molar-refractivity contribution is -0.384. The molecule has 0 spiro atoms. The highest BCUT2D eigenvalue weighted by Crippen LogP contribution is 2.34. The molecule has 6 heteroatoms. The van der Waals surface area contributed by atoms with Crippen molar-refractivity contribution >= 4 is 44.8 Å². The van der Waals surface area contributed by atoms with Crippen LogP contribution in [0.15, 0.2) is 16.6 Å². The third kappa shape index (κ3) is 1.88. The van der Waals surface area contributed by atoms with Crippen LogP contribution in [0, 0.1) is 10.1 Å². The zero-order valence-corrected chi connectivity index (χ0v) is 8.65. The summed E-state index contributed by atoms with van der Waals surface area (Å²) in [5.74, 6) is 0. The average Bonchev–Trinajstić information content (AvgIpc) is 1.96. The van der Waals surface area contributed by atoms with Crippen molar-refractivity contribution < 1.29 is 4.92 Å². The lowest BCUT2D eigenvalue weighted by Gasteiger charge is -1.97. The standard InChI is InChI=1S/C6H2BrCl2NO2/c7-3-1-4(8)6(9)5(2-3)10(11)12/h1-2H. The third-order valence-corrected chi connectivity index (χ3v) is 2.42. The van der Waals surface area contributed by atoms with Crippen molar-refractivity contribution in [3.05, 3.63) is 36.8 Å². The Balaban J connectivity index is 3.37. The second kappa shape index (κ2) is 3.60. The smallest absolute Gasteiger partial charge is 0.258 e. The molecule has 1 rings (SSSR count). The minimum Gasteiger partial charge on any atom is -0.258 e. The number of nitrogens with zero attached hydrogens (tertiary/aromatic N) is 1. The van der Waals surface area contributed by atoms with Gasteiger partial charge in [0.2, 0.25) is 0 Å².